The maximum atomic E-state index is 12.9. The normalized spacial score (nSPS) is 10.4. The first-order valence-corrected chi connectivity index (χ1v) is 10.2. The van der Waals surface area contributed by atoms with Gasteiger partial charge in [-0.2, -0.15) is 0 Å². The van der Waals surface area contributed by atoms with Gasteiger partial charge in [0.2, 0.25) is 0 Å². The largest absolute Gasteiger partial charge is 0.506 e. The number of aromatic hydroxyl groups is 1. The van der Waals surface area contributed by atoms with E-state index < -0.39 is 41.2 Å². The third-order valence-corrected chi connectivity index (χ3v) is 4.93. The molecule has 1 heterocycles. The van der Waals surface area contributed by atoms with Crippen molar-refractivity contribution in [2.45, 2.75) is 13.1 Å². The molecule has 2 aromatic carbocycles. The highest BCUT2D eigenvalue weighted by molar-refractivity contribution is 6.03. The highest BCUT2D eigenvalue weighted by Gasteiger charge is 2.25. The van der Waals surface area contributed by atoms with Gasteiger partial charge in [0.05, 0.1) is 19.2 Å². The van der Waals surface area contributed by atoms with Crippen LogP contribution in [0.3, 0.4) is 0 Å². The number of pyridine rings is 1. The van der Waals surface area contributed by atoms with E-state index in [0.29, 0.717) is 5.75 Å². The van der Waals surface area contributed by atoms with Crippen LogP contribution in [0.1, 0.15) is 31.8 Å². The Morgan fingerprint density at radius 1 is 0.941 bits per heavy atom. The first-order chi connectivity index (χ1) is 16.3. The number of carbonyl (C=O) groups is 3. The van der Waals surface area contributed by atoms with Gasteiger partial charge in [-0.05, 0) is 23.3 Å². The third-order valence-electron chi connectivity index (χ3n) is 4.93. The molecule has 0 unspecified atom stereocenters. The summed E-state index contributed by atoms with van der Waals surface area (Å²) in [7, 11) is 1.54. The van der Waals surface area contributed by atoms with Gasteiger partial charge in [-0.15, -0.1) is 0 Å². The Balaban J connectivity index is 1.94. The minimum Gasteiger partial charge on any atom is -0.506 e. The number of hydrogen-bond donors (Lipinski definition) is 4. The highest BCUT2D eigenvalue weighted by atomic mass is 16.5. The average Bonchev–Trinajstić information content (AvgIpc) is 2.84. The number of amides is 2. The fourth-order valence-corrected chi connectivity index (χ4v) is 3.19. The van der Waals surface area contributed by atoms with Crippen LogP contribution in [0, 0.1) is 0 Å². The van der Waals surface area contributed by atoms with Crippen LogP contribution in [0.2, 0.25) is 0 Å². The number of carbonyl (C=O) groups excluding carboxylic acids is 2. The zero-order chi connectivity index (χ0) is 24.7. The van der Waals surface area contributed by atoms with Crippen molar-refractivity contribution in [3.8, 4) is 11.5 Å². The summed E-state index contributed by atoms with van der Waals surface area (Å²) < 4.78 is 6.21. The molecular formula is C24H23N3O7. The van der Waals surface area contributed by atoms with E-state index >= 15 is 0 Å². The van der Waals surface area contributed by atoms with E-state index in [9.17, 15) is 24.3 Å². The minimum absolute atomic E-state index is 0.0257. The Labute approximate surface area is 194 Å². The number of ether oxygens (including phenoxy) is 1. The van der Waals surface area contributed by atoms with E-state index in [1.165, 1.54) is 13.3 Å². The van der Waals surface area contributed by atoms with Gasteiger partial charge in [0.1, 0.15) is 23.6 Å². The number of hydrogen-bond acceptors (Lipinski definition) is 6. The number of carboxylic acids is 1. The summed E-state index contributed by atoms with van der Waals surface area (Å²) in [6.45, 7) is -0.622. The van der Waals surface area contributed by atoms with Crippen molar-refractivity contribution >= 4 is 17.8 Å². The Kier molecular flexibility index (Phi) is 7.65. The van der Waals surface area contributed by atoms with Crippen LogP contribution in [0.25, 0.3) is 0 Å². The van der Waals surface area contributed by atoms with Crippen molar-refractivity contribution in [1.29, 1.82) is 0 Å². The number of rotatable bonds is 9. The number of aliphatic carboxylic acids is 1. The Bertz CT molecular complexity index is 1250. The molecule has 10 nitrogen and oxygen atoms in total. The molecule has 0 aliphatic carbocycles. The number of aromatic nitrogens is 1. The summed E-state index contributed by atoms with van der Waals surface area (Å²) in [4.78, 5) is 49.2. The number of nitrogens with one attached hydrogen (secondary N) is 2. The molecule has 3 aromatic rings. The number of nitrogens with zero attached hydrogens (tertiary/aromatic N) is 1. The average molecular weight is 465 g/mol. The summed E-state index contributed by atoms with van der Waals surface area (Å²) >= 11 is 0. The van der Waals surface area contributed by atoms with Crippen LogP contribution < -0.4 is 20.9 Å². The fraction of sp³-hybridized carbons (Fsp3) is 0.167. The predicted molar refractivity (Wildman–Crippen MR) is 122 cm³/mol. The van der Waals surface area contributed by atoms with Gasteiger partial charge in [-0.3, -0.25) is 19.2 Å². The van der Waals surface area contributed by atoms with E-state index in [4.69, 9.17) is 9.84 Å². The molecule has 0 bridgehead atoms. The second-order valence-corrected chi connectivity index (χ2v) is 7.29. The van der Waals surface area contributed by atoms with Gasteiger partial charge in [-0.25, -0.2) is 0 Å². The van der Waals surface area contributed by atoms with Gasteiger partial charge in [0.15, 0.2) is 0 Å². The van der Waals surface area contributed by atoms with Crippen molar-refractivity contribution in [3.63, 3.8) is 0 Å². The lowest BCUT2D eigenvalue weighted by Gasteiger charge is -2.14. The molecule has 0 radical (unpaired) electrons. The summed E-state index contributed by atoms with van der Waals surface area (Å²) in [5.41, 5.74) is -0.405. The molecule has 10 heteroatoms. The van der Waals surface area contributed by atoms with E-state index in [1.807, 2.05) is 0 Å². The molecule has 0 fully saturated rings. The monoisotopic (exact) mass is 465 g/mol. The molecule has 34 heavy (non-hydrogen) atoms. The molecule has 0 saturated heterocycles. The summed E-state index contributed by atoms with van der Waals surface area (Å²) in [5, 5.41) is 24.1. The number of benzene rings is 2. The van der Waals surface area contributed by atoms with Crippen LogP contribution in [-0.4, -0.2) is 46.2 Å². The number of carboxylic acid groups (broad SMARTS) is 1. The molecule has 0 atom stereocenters. The molecule has 1 aromatic heterocycles. The summed E-state index contributed by atoms with van der Waals surface area (Å²) in [6.07, 6.45) is 1.17. The molecule has 3 rings (SSSR count). The highest BCUT2D eigenvalue weighted by Crippen LogP contribution is 2.21. The SMILES string of the molecule is COc1ccc(CNC(=O)c2cn(Cc3ccccc3)c(=O)c(C(=O)NCC(=O)O)c2O)cc1. The zero-order valence-electron chi connectivity index (χ0n) is 18.3. The lowest BCUT2D eigenvalue weighted by molar-refractivity contribution is -0.135. The Morgan fingerprint density at radius 2 is 1.62 bits per heavy atom. The topological polar surface area (TPSA) is 147 Å². The van der Waals surface area contributed by atoms with Crippen molar-refractivity contribution in [2.24, 2.45) is 0 Å². The molecule has 0 spiro atoms. The Morgan fingerprint density at radius 3 is 2.24 bits per heavy atom. The van der Waals surface area contributed by atoms with Crippen LogP contribution in [0.5, 0.6) is 11.5 Å². The fourth-order valence-electron chi connectivity index (χ4n) is 3.19. The molecular weight excluding hydrogens is 442 g/mol. The smallest absolute Gasteiger partial charge is 0.322 e. The molecule has 2 amide bonds. The maximum Gasteiger partial charge on any atom is 0.322 e. The molecule has 0 saturated carbocycles. The van der Waals surface area contributed by atoms with Crippen molar-refractivity contribution in [3.05, 3.63) is 93.4 Å². The second kappa shape index (κ2) is 10.8. The molecule has 176 valence electrons. The summed E-state index contributed by atoms with van der Waals surface area (Å²) in [5.74, 6) is -3.33. The Hall–Kier alpha value is -4.60. The van der Waals surface area contributed by atoms with Crippen molar-refractivity contribution in [1.82, 2.24) is 15.2 Å². The molecule has 0 aliphatic heterocycles. The second-order valence-electron chi connectivity index (χ2n) is 7.29. The van der Waals surface area contributed by atoms with Gasteiger partial charge >= 0.3 is 5.97 Å². The molecule has 4 N–H and O–H groups in total. The lowest BCUT2D eigenvalue weighted by atomic mass is 10.1. The van der Waals surface area contributed by atoms with Crippen LogP contribution in [-0.2, 0) is 17.9 Å². The predicted octanol–water partition coefficient (Wildman–Crippen LogP) is 1.36. The van der Waals surface area contributed by atoms with Gasteiger partial charge in [-0.1, -0.05) is 42.5 Å². The van der Waals surface area contributed by atoms with Gasteiger partial charge in [0, 0.05) is 12.7 Å². The first kappa shape index (κ1) is 24.1. The third kappa shape index (κ3) is 5.80. The minimum atomic E-state index is -1.33. The van der Waals surface area contributed by atoms with Crippen LogP contribution >= 0.6 is 0 Å². The first-order valence-electron chi connectivity index (χ1n) is 10.2. The van der Waals surface area contributed by atoms with E-state index in [1.54, 1.807) is 54.6 Å². The molecule has 0 aliphatic rings. The number of methoxy groups -OCH3 is 1. The van der Waals surface area contributed by atoms with E-state index in [0.717, 1.165) is 15.7 Å². The van der Waals surface area contributed by atoms with Crippen molar-refractivity contribution < 1.29 is 29.3 Å². The van der Waals surface area contributed by atoms with Crippen LogP contribution in [0.4, 0.5) is 0 Å². The maximum absolute atomic E-state index is 12.9. The summed E-state index contributed by atoms with van der Waals surface area (Å²) in [6, 6.07) is 15.8. The quantitative estimate of drug-likeness (QED) is 0.373. The van der Waals surface area contributed by atoms with Crippen molar-refractivity contribution in [2.75, 3.05) is 13.7 Å². The lowest BCUT2D eigenvalue weighted by Crippen LogP contribution is -2.37. The van der Waals surface area contributed by atoms with E-state index in [2.05, 4.69) is 10.6 Å². The standard InChI is InChI=1S/C24H23N3O7/c1-34-17-9-7-15(8-10-17)11-25-22(31)18-14-27(13-16-5-3-2-4-6-16)24(33)20(21(18)30)23(32)26-12-19(28)29/h2-10,14,30H,11-13H2,1H3,(H,25,31)(H,26,32)(H,28,29). The van der Waals surface area contributed by atoms with Gasteiger partial charge < -0.3 is 30.2 Å². The van der Waals surface area contributed by atoms with E-state index in [-0.39, 0.29) is 18.7 Å². The zero-order valence-corrected chi connectivity index (χ0v) is 18.3. The van der Waals surface area contributed by atoms with Gasteiger partial charge in [0.25, 0.3) is 17.4 Å². The van der Waals surface area contributed by atoms with Crippen LogP contribution in [0.15, 0.2) is 65.6 Å².